The average Bonchev–Trinajstić information content (AvgIpc) is 2.94. The Balaban J connectivity index is 1.94. The summed E-state index contributed by atoms with van der Waals surface area (Å²) in [4.78, 5) is 0. The second-order valence-corrected chi connectivity index (χ2v) is 5.30. The molecule has 18 heavy (non-hydrogen) atoms. The molecule has 0 amide bonds. The van der Waals surface area contributed by atoms with Gasteiger partial charge in [0.2, 0.25) is 0 Å². The van der Waals surface area contributed by atoms with Crippen LogP contribution in [0, 0.1) is 0 Å². The Morgan fingerprint density at radius 1 is 1.28 bits per heavy atom. The van der Waals surface area contributed by atoms with Crippen molar-refractivity contribution in [2.75, 3.05) is 6.54 Å². The van der Waals surface area contributed by atoms with Crippen LogP contribution in [0.2, 0.25) is 5.02 Å². The van der Waals surface area contributed by atoms with Gasteiger partial charge in [0, 0.05) is 31.0 Å². The summed E-state index contributed by atoms with van der Waals surface area (Å²) in [5.74, 6) is 0.816. The third kappa shape index (κ3) is 1.85. The lowest BCUT2D eigenvalue weighted by Gasteiger charge is -2.21. The number of nitrogens with two attached hydrogens (primary N) is 1. The molecule has 2 aliphatic rings. The van der Waals surface area contributed by atoms with Gasteiger partial charge in [0.15, 0.2) is 11.5 Å². The van der Waals surface area contributed by atoms with Crippen LogP contribution < -0.4 is 15.2 Å². The molecule has 3 rings (SSSR count). The van der Waals surface area contributed by atoms with Crippen molar-refractivity contribution in [2.45, 2.75) is 37.6 Å². The molecule has 0 saturated heterocycles. The lowest BCUT2D eigenvalue weighted by Crippen LogP contribution is -2.34. The van der Waals surface area contributed by atoms with Crippen molar-refractivity contribution < 1.29 is 14.6 Å². The highest BCUT2D eigenvalue weighted by Gasteiger charge is 2.44. The molecule has 0 radical (unpaired) electrons. The molecule has 1 aromatic rings. The van der Waals surface area contributed by atoms with Crippen LogP contribution in [0.4, 0.5) is 0 Å². The number of aliphatic hydroxyl groups is 1. The maximum Gasteiger partial charge on any atom is 0.251 e. The Kier molecular flexibility index (Phi) is 2.88. The lowest BCUT2D eigenvalue weighted by atomic mass is 10.1. The standard InChI is InChI=1S/C13H16ClNO3/c14-9-6-12-11(5-8(9)10(16)7-15)17-13(18-12)3-1-2-4-13/h5-6,10,16H,1-4,7,15H2. The van der Waals surface area contributed by atoms with Crippen molar-refractivity contribution in [3.63, 3.8) is 0 Å². The van der Waals surface area contributed by atoms with Crippen LogP contribution in [0.15, 0.2) is 12.1 Å². The van der Waals surface area contributed by atoms with Crippen LogP contribution in [-0.2, 0) is 0 Å². The topological polar surface area (TPSA) is 64.7 Å². The summed E-state index contributed by atoms with van der Waals surface area (Å²) in [7, 11) is 0. The van der Waals surface area contributed by atoms with Gasteiger partial charge >= 0.3 is 0 Å². The van der Waals surface area contributed by atoms with Gasteiger partial charge in [-0.25, -0.2) is 0 Å². The zero-order valence-corrected chi connectivity index (χ0v) is 10.7. The van der Waals surface area contributed by atoms with Crippen LogP contribution in [-0.4, -0.2) is 17.4 Å². The van der Waals surface area contributed by atoms with Gasteiger partial charge in [-0.15, -0.1) is 0 Å². The van der Waals surface area contributed by atoms with Gasteiger partial charge in [-0.05, 0) is 18.9 Å². The summed E-state index contributed by atoms with van der Waals surface area (Å²) in [6, 6.07) is 3.44. The van der Waals surface area contributed by atoms with Crippen molar-refractivity contribution in [2.24, 2.45) is 5.73 Å². The highest BCUT2D eigenvalue weighted by Crippen LogP contribution is 2.48. The highest BCUT2D eigenvalue weighted by molar-refractivity contribution is 6.31. The highest BCUT2D eigenvalue weighted by atomic mass is 35.5. The minimum absolute atomic E-state index is 0.129. The number of rotatable bonds is 2. The molecule has 1 aliphatic carbocycles. The Labute approximate surface area is 111 Å². The zero-order chi connectivity index (χ0) is 12.8. The van der Waals surface area contributed by atoms with Crippen LogP contribution >= 0.6 is 11.6 Å². The monoisotopic (exact) mass is 269 g/mol. The number of hydrogen-bond donors (Lipinski definition) is 2. The average molecular weight is 270 g/mol. The maximum absolute atomic E-state index is 9.79. The van der Waals surface area contributed by atoms with E-state index in [0.717, 1.165) is 25.7 Å². The third-order valence-electron chi connectivity index (χ3n) is 3.60. The first kappa shape index (κ1) is 12.1. The molecular formula is C13H16ClNO3. The van der Waals surface area contributed by atoms with E-state index in [0.29, 0.717) is 22.1 Å². The van der Waals surface area contributed by atoms with Crippen molar-refractivity contribution in [3.05, 3.63) is 22.7 Å². The van der Waals surface area contributed by atoms with Gasteiger partial charge in [0.25, 0.3) is 5.79 Å². The van der Waals surface area contributed by atoms with E-state index < -0.39 is 11.9 Å². The number of ether oxygens (including phenoxy) is 2. The second-order valence-electron chi connectivity index (χ2n) is 4.89. The summed E-state index contributed by atoms with van der Waals surface area (Å²) >= 11 is 6.13. The Hall–Kier alpha value is -0.970. The molecule has 4 nitrogen and oxygen atoms in total. The summed E-state index contributed by atoms with van der Waals surface area (Å²) in [5.41, 5.74) is 6.05. The van der Waals surface area contributed by atoms with Crippen molar-refractivity contribution in [1.82, 2.24) is 0 Å². The predicted octanol–water partition coefficient (Wildman–Crippen LogP) is 2.37. The Morgan fingerprint density at radius 2 is 1.89 bits per heavy atom. The molecule has 3 N–H and O–H groups in total. The van der Waals surface area contributed by atoms with Gasteiger partial charge in [0.1, 0.15) is 0 Å². The molecule has 1 saturated carbocycles. The quantitative estimate of drug-likeness (QED) is 0.865. The molecular weight excluding hydrogens is 254 g/mol. The van der Waals surface area contributed by atoms with Crippen LogP contribution in [0.25, 0.3) is 0 Å². The molecule has 1 fully saturated rings. The number of halogens is 1. The van der Waals surface area contributed by atoms with Crippen LogP contribution in [0.5, 0.6) is 11.5 Å². The molecule has 0 bridgehead atoms. The van der Waals surface area contributed by atoms with Crippen molar-refractivity contribution in [1.29, 1.82) is 0 Å². The Morgan fingerprint density at radius 3 is 2.50 bits per heavy atom. The number of aliphatic hydroxyl groups excluding tert-OH is 1. The van der Waals surface area contributed by atoms with Gasteiger partial charge < -0.3 is 20.3 Å². The van der Waals surface area contributed by atoms with Crippen molar-refractivity contribution >= 4 is 11.6 Å². The third-order valence-corrected chi connectivity index (χ3v) is 3.93. The Bertz CT molecular complexity index is 472. The van der Waals surface area contributed by atoms with E-state index in [1.807, 2.05) is 0 Å². The van der Waals surface area contributed by atoms with Gasteiger partial charge in [0.05, 0.1) is 11.1 Å². The number of benzene rings is 1. The fourth-order valence-corrected chi connectivity index (χ4v) is 2.91. The molecule has 1 aliphatic heterocycles. The maximum atomic E-state index is 9.79. The molecule has 5 heteroatoms. The van der Waals surface area contributed by atoms with Gasteiger partial charge in [-0.1, -0.05) is 11.6 Å². The molecule has 98 valence electrons. The van der Waals surface area contributed by atoms with Crippen molar-refractivity contribution in [3.8, 4) is 11.5 Å². The fraction of sp³-hybridized carbons (Fsp3) is 0.538. The largest absolute Gasteiger partial charge is 0.448 e. The van der Waals surface area contributed by atoms with E-state index in [1.54, 1.807) is 12.1 Å². The van der Waals surface area contributed by atoms with E-state index in [-0.39, 0.29) is 6.54 Å². The fourth-order valence-electron chi connectivity index (χ4n) is 2.63. The van der Waals surface area contributed by atoms with Gasteiger partial charge in [-0.3, -0.25) is 0 Å². The molecule has 1 unspecified atom stereocenters. The summed E-state index contributed by atoms with van der Waals surface area (Å²) in [6.45, 7) is 0.129. The lowest BCUT2D eigenvalue weighted by molar-refractivity contribution is -0.0716. The van der Waals surface area contributed by atoms with Gasteiger partial charge in [-0.2, -0.15) is 0 Å². The molecule has 1 spiro atoms. The van der Waals surface area contributed by atoms with E-state index in [9.17, 15) is 5.11 Å². The SMILES string of the molecule is NCC(O)c1cc2c(cc1Cl)OC1(CCCC1)O2. The normalized spacial score (nSPS) is 21.5. The predicted molar refractivity (Wildman–Crippen MR) is 67.9 cm³/mol. The number of hydrogen-bond acceptors (Lipinski definition) is 4. The van der Waals surface area contributed by atoms with Crippen LogP contribution in [0.1, 0.15) is 37.4 Å². The molecule has 1 heterocycles. The van der Waals surface area contributed by atoms with E-state index >= 15 is 0 Å². The van der Waals surface area contributed by atoms with Crippen LogP contribution in [0.3, 0.4) is 0 Å². The summed E-state index contributed by atoms with van der Waals surface area (Å²) < 4.78 is 11.8. The first-order valence-electron chi connectivity index (χ1n) is 6.23. The van der Waals surface area contributed by atoms with E-state index in [4.69, 9.17) is 26.8 Å². The zero-order valence-electron chi connectivity index (χ0n) is 9.99. The summed E-state index contributed by atoms with van der Waals surface area (Å²) in [5, 5.41) is 10.3. The summed E-state index contributed by atoms with van der Waals surface area (Å²) in [6.07, 6.45) is 3.24. The smallest absolute Gasteiger partial charge is 0.251 e. The molecule has 1 aromatic carbocycles. The first-order valence-corrected chi connectivity index (χ1v) is 6.61. The molecule has 1 atom stereocenters. The minimum atomic E-state index is -0.772. The van der Waals surface area contributed by atoms with E-state index in [1.165, 1.54) is 0 Å². The minimum Gasteiger partial charge on any atom is -0.448 e. The number of fused-ring (bicyclic) bond motifs is 1. The van der Waals surface area contributed by atoms with E-state index in [2.05, 4.69) is 0 Å². The molecule has 0 aromatic heterocycles. The first-order chi connectivity index (χ1) is 8.63. The second kappa shape index (κ2) is 4.30.